The van der Waals surface area contributed by atoms with Crippen molar-refractivity contribution in [3.8, 4) is 0 Å². The van der Waals surface area contributed by atoms with E-state index in [1.165, 1.54) is 0 Å². The molecule has 18 heavy (non-hydrogen) atoms. The lowest BCUT2D eigenvalue weighted by Crippen LogP contribution is -2.43. The van der Waals surface area contributed by atoms with Crippen LogP contribution in [0.25, 0.3) is 0 Å². The molecule has 0 spiro atoms. The molecule has 4 nitrogen and oxygen atoms in total. The maximum atomic E-state index is 12.4. The number of hydrogen-bond donors (Lipinski definition) is 0. The zero-order valence-corrected chi connectivity index (χ0v) is 12.9. The van der Waals surface area contributed by atoms with Crippen LogP contribution >= 0.6 is 15.9 Å². The zero-order chi connectivity index (χ0) is 13.4. The number of ether oxygens (including phenoxy) is 2. The first-order chi connectivity index (χ1) is 8.70. The number of alkyl halides is 1. The van der Waals surface area contributed by atoms with Gasteiger partial charge >= 0.3 is 0 Å². The first-order valence-corrected chi connectivity index (χ1v) is 7.83. The van der Waals surface area contributed by atoms with Crippen LogP contribution in [0.4, 0.5) is 0 Å². The molecule has 1 amide bonds. The molecule has 1 rings (SSSR count). The van der Waals surface area contributed by atoms with Crippen molar-refractivity contribution >= 4 is 21.8 Å². The molecule has 1 aliphatic rings. The SMILES string of the molecule is CCN(CCOCCBr)C(=O)C1CCOCC1C. The molecule has 1 aliphatic heterocycles. The van der Waals surface area contributed by atoms with Crippen LogP contribution in [-0.4, -0.2) is 55.7 Å². The summed E-state index contributed by atoms with van der Waals surface area (Å²) in [6.45, 7) is 8.27. The van der Waals surface area contributed by atoms with E-state index in [1.807, 2.05) is 11.8 Å². The van der Waals surface area contributed by atoms with Gasteiger partial charge in [0, 0.05) is 37.6 Å². The van der Waals surface area contributed by atoms with Gasteiger partial charge in [0.25, 0.3) is 0 Å². The molecule has 5 heteroatoms. The first kappa shape index (κ1) is 15.9. The fourth-order valence-electron chi connectivity index (χ4n) is 2.24. The predicted octanol–water partition coefficient (Wildman–Crippen LogP) is 1.92. The van der Waals surface area contributed by atoms with Crippen molar-refractivity contribution in [3.63, 3.8) is 0 Å². The Bertz CT molecular complexity index is 250. The minimum absolute atomic E-state index is 0.120. The summed E-state index contributed by atoms with van der Waals surface area (Å²) in [5.41, 5.74) is 0. The molecule has 0 N–H and O–H groups in total. The fourth-order valence-corrected chi connectivity index (χ4v) is 2.47. The number of halogens is 1. The molecule has 2 unspecified atom stereocenters. The van der Waals surface area contributed by atoms with Crippen molar-refractivity contribution in [2.45, 2.75) is 20.3 Å². The van der Waals surface area contributed by atoms with Crippen LogP contribution in [0, 0.1) is 11.8 Å². The topological polar surface area (TPSA) is 38.8 Å². The summed E-state index contributed by atoms with van der Waals surface area (Å²) in [5, 5.41) is 0.837. The van der Waals surface area contributed by atoms with Gasteiger partial charge in [0.2, 0.25) is 5.91 Å². The van der Waals surface area contributed by atoms with Gasteiger partial charge in [-0.3, -0.25) is 4.79 Å². The quantitative estimate of drug-likeness (QED) is 0.531. The average Bonchev–Trinajstić information content (AvgIpc) is 2.39. The van der Waals surface area contributed by atoms with Crippen molar-refractivity contribution in [2.75, 3.05) is 44.8 Å². The Balaban J connectivity index is 2.40. The molecule has 106 valence electrons. The van der Waals surface area contributed by atoms with E-state index in [0.29, 0.717) is 38.9 Å². The maximum Gasteiger partial charge on any atom is 0.226 e. The third-order valence-electron chi connectivity index (χ3n) is 3.38. The van der Waals surface area contributed by atoms with Crippen molar-refractivity contribution in [3.05, 3.63) is 0 Å². The Morgan fingerprint density at radius 3 is 2.89 bits per heavy atom. The number of hydrogen-bond acceptors (Lipinski definition) is 3. The molecule has 0 bridgehead atoms. The Labute approximate surface area is 118 Å². The van der Waals surface area contributed by atoms with Crippen molar-refractivity contribution in [2.24, 2.45) is 11.8 Å². The Kier molecular flexibility index (Phi) is 7.86. The van der Waals surface area contributed by atoms with Gasteiger partial charge in [-0.05, 0) is 19.3 Å². The maximum absolute atomic E-state index is 12.4. The highest BCUT2D eigenvalue weighted by Gasteiger charge is 2.30. The number of carbonyl (C=O) groups excluding carboxylic acids is 1. The van der Waals surface area contributed by atoms with Crippen molar-refractivity contribution in [1.29, 1.82) is 0 Å². The van der Waals surface area contributed by atoms with Gasteiger partial charge in [-0.25, -0.2) is 0 Å². The summed E-state index contributed by atoms with van der Waals surface area (Å²) < 4.78 is 10.8. The third-order valence-corrected chi connectivity index (χ3v) is 3.70. The summed E-state index contributed by atoms with van der Waals surface area (Å²) in [6.07, 6.45) is 0.846. The van der Waals surface area contributed by atoms with Gasteiger partial charge in [0.05, 0.1) is 13.2 Å². The summed E-state index contributed by atoms with van der Waals surface area (Å²) in [7, 11) is 0. The highest BCUT2D eigenvalue weighted by Crippen LogP contribution is 2.23. The third kappa shape index (κ3) is 4.86. The molecule has 1 saturated heterocycles. The van der Waals surface area contributed by atoms with Crippen LogP contribution < -0.4 is 0 Å². The van der Waals surface area contributed by atoms with E-state index in [4.69, 9.17) is 9.47 Å². The van der Waals surface area contributed by atoms with E-state index < -0.39 is 0 Å². The second-order valence-electron chi connectivity index (χ2n) is 4.67. The molecule has 0 aromatic rings. The number of likely N-dealkylation sites (N-methyl/N-ethyl adjacent to an activating group) is 1. The van der Waals surface area contributed by atoms with Gasteiger partial charge in [-0.2, -0.15) is 0 Å². The van der Waals surface area contributed by atoms with Gasteiger partial charge in [0.1, 0.15) is 0 Å². The smallest absolute Gasteiger partial charge is 0.226 e. The lowest BCUT2D eigenvalue weighted by molar-refractivity contribution is -0.141. The standard InChI is InChI=1S/C13H24BrNO3/c1-3-15(6-9-17-8-5-14)13(16)12-4-7-18-10-11(12)2/h11-12H,3-10H2,1-2H3. The van der Waals surface area contributed by atoms with E-state index in [2.05, 4.69) is 22.9 Å². The summed E-state index contributed by atoms with van der Waals surface area (Å²) in [6, 6.07) is 0. The number of amides is 1. The van der Waals surface area contributed by atoms with Crippen LogP contribution in [-0.2, 0) is 14.3 Å². The van der Waals surface area contributed by atoms with E-state index in [9.17, 15) is 4.79 Å². The monoisotopic (exact) mass is 321 g/mol. The van der Waals surface area contributed by atoms with Crippen LogP contribution in [0.1, 0.15) is 20.3 Å². The number of nitrogens with zero attached hydrogens (tertiary/aromatic N) is 1. The minimum Gasteiger partial charge on any atom is -0.381 e. The Morgan fingerprint density at radius 1 is 1.50 bits per heavy atom. The second kappa shape index (κ2) is 8.88. The first-order valence-electron chi connectivity index (χ1n) is 6.71. The van der Waals surface area contributed by atoms with Gasteiger partial charge < -0.3 is 14.4 Å². The van der Waals surface area contributed by atoms with E-state index in [1.54, 1.807) is 0 Å². The normalized spacial score (nSPS) is 23.9. The molecular weight excluding hydrogens is 298 g/mol. The lowest BCUT2D eigenvalue weighted by Gasteiger charge is -2.32. The second-order valence-corrected chi connectivity index (χ2v) is 5.46. The molecule has 0 aromatic heterocycles. The lowest BCUT2D eigenvalue weighted by atomic mass is 9.88. The highest BCUT2D eigenvalue weighted by atomic mass is 79.9. The van der Waals surface area contributed by atoms with Crippen LogP contribution in [0.2, 0.25) is 0 Å². The van der Waals surface area contributed by atoms with Crippen LogP contribution in [0.5, 0.6) is 0 Å². The molecular formula is C13H24BrNO3. The van der Waals surface area contributed by atoms with Crippen LogP contribution in [0.3, 0.4) is 0 Å². The molecule has 0 radical (unpaired) electrons. The summed E-state index contributed by atoms with van der Waals surface area (Å²) in [5.74, 6) is 0.703. The van der Waals surface area contributed by atoms with Crippen LogP contribution in [0.15, 0.2) is 0 Å². The molecule has 2 atom stereocenters. The molecule has 1 fully saturated rings. The molecule has 0 aliphatic carbocycles. The fraction of sp³-hybridized carbons (Fsp3) is 0.923. The number of rotatable bonds is 7. The predicted molar refractivity (Wildman–Crippen MR) is 75.0 cm³/mol. The Morgan fingerprint density at radius 2 is 2.28 bits per heavy atom. The van der Waals surface area contributed by atoms with Crippen molar-refractivity contribution in [1.82, 2.24) is 4.90 Å². The summed E-state index contributed by atoms with van der Waals surface area (Å²) in [4.78, 5) is 14.3. The Hall–Kier alpha value is -0.130. The summed E-state index contributed by atoms with van der Waals surface area (Å²) >= 11 is 3.31. The average molecular weight is 322 g/mol. The molecule has 1 heterocycles. The largest absolute Gasteiger partial charge is 0.381 e. The highest BCUT2D eigenvalue weighted by molar-refractivity contribution is 9.09. The van der Waals surface area contributed by atoms with E-state index in [-0.39, 0.29) is 11.8 Å². The van der Waals surface area contributed by atoms with Gasteiger partial charge in [-0.15, -0.1) is 0 Å². The van der Waals surface area contributed by atoms with Gasteiger partial charge in [-0.1, -0.05) is 22.9 Å². The van der Waals surface area contributed by atoms with Gasteiger partial charge in [0.15, 0.2) is 0 Å². The minimum atomic E-state index is 0.120. The number of carbonyl (C=O) groups is 1. The zero-order valence-electron chi connectivity index (χ0n) is 11.4. The van der Waals surface area contributed by atoms with Crippen molar-refractivity contribution < 1.29 is 14.3 Å². The molecule has 0 aromatic carbocycles. The molecule has 0 saturated carbocycles. The van der Waals surface area contributed by atoms with E-state index >= 15 is 0 Å². The van der Waals surface area contributed by atoms with E-state index in [0.717, 1.165) is 18.3 Å².